The van der Waals surface area contributed by atoms with Gasteiger partial charge in [0.1, 0.15) is 0 Å². The monoisotopic (exact) mass is 313 g/mol. The summed E-state index contributed by atoms with van der Waals surface area (Å²) in [5, 5.41) is 5.69. The van der Waals surface area contributed by atoms with Crippen LogP contribution in [-0.2, 0) is 4.79 Å². The van der Waals surface area contributed by atoms with Crippen molar-refractivity contribution in [1.29, 1.82) is 0 Å². The zero-order chi connectivity index (χ0) is 16.0. The smallest absolute Gasteiger partial charge is 0.252 e. The van der Waals surface area contributed by atoms with E-state index in [1.807, 2.05) is 20.8 Å². The van der Waals surface area contributed by atoms with Crippen molar-refractivity contribution in [3.63, 3.8) is 0 Å². The number of pyridine rings is 1. The highest BCUT2D eigenvalue weighted by Gasteiger charge is 2.14. The van der Waals surface area contributed by atoms with E-state index in [-0.39, 0.29) is 41.2 Å². The summed E-state index contributed by atoms with van der Waals surface area (Å²) in [6.45, 7) is 5.91. The van der Waals surface area contributed by atoms with Gasteiger partial charge < -0.3 is 16.1 Å². The summed E-state index contributed by atoms with van der Waals surface area (Å²) in [5.41, 5.74) is 2.33. The van der Waals surface area contributed by atoms with Crippen LogP contribution in [0.3, 0.4) is 0 Å². The number of hydrogen-bond acceptors (Lipinski definition) is 5. The van der Waals surface area contributed by atoms with Crippen LogP contribution in [0, 0.1) is 0 Å². The molecule has 21 heavy (non-hydrogen) atoms. The van der Waals surface area contributed by atoms with Crippen molar-refractivity contribution in [3.05, 3.63) is 22.8 Å². The molecule has 0 aliphatic rings. The Kier molecular flexibility index (Phi) is 5.92. The first-order valence-corrected chi connectivity index (χ1v) is 6.82. The van der Waals surface area contributed by atoms with Crippen LogP contribution >= 0.6 is 11.6 Å². The van der Waals surface area contributed by atoms with Gasteiger partial charge in [0.15, 0.2) is 5.82 Å². The molecule has 0 radical (unpaired) electrons. The van der Waals surface area contributed by atoms with Gasteiger partial charge in [-0.1, -0.05) is 11.6 Å². The van der Waals surface area contributed by atoms with Gasteiger partial charge in [0.05, 0.1) is 10.6 Å². The van der Waals surface area contributed by atoms with E-state index < -0.39 is 0 Å². The molecule has 0 saturated carbocycles. The average Bonchev–Trinajstić information content (AvgIpc) is 2.36. The molecule has 0 fully saturated rings. The van der Waals surface area contributed by atoms with Gasteiger partial charge in [0, 0.05) is 24.7 Å². The molecular formula is C13H20ClN5O2. The average molecular weight is 314 g/mol. The van der Waals surface area contributed by atoms with Crippen LogP contribution in [0.5, 0.6) is 0 Å². The first kappa shape index (κ1) is 17.2. The molecule has 1 heterocycles. The Morgan fingerprint density at radius 1 is 1.38 bits per heavy atom. The van der Waals surface area contributed by atoms with Crippen LogP contribution in [0.15, 0.2) is 12.3 Å². The summed E-state index contributed by atoms with van der Waals surface area (Å²) >= 11 is 5.88. The second-order valence-corrected chi connectivity index (χ2v) is 5.91. The fourth-order valence-electron chi connectivity index (χ4n) is 1.54. The zero-order valence-corrected chi connectivity index (χ0v) is 13.0. The van der Waals surface area contributed by atoms with Gasteiger partial charge in [-0.15, -0.1) is 0 Å². The van der Waals surface area contributed by atoms with Crippen LogP contribution in [-0.4, -0.2) is 28.9 Å². The lowest BCUT2D eigenvalue weighted by Gasteiger charge is -2.20. The minimum atomic E-state index is -0.350. The SMILES string of the molecule is CC(C)(C)NC(=O)CCNC(=O)c1cnc(NN)c(Cl)c1. The largest absolute Gasteiger partial charge is 0.351 e. The molecular weight excluding hydrogens is 294 g/mol. The van der Waals surface area contributed by atoms with E-state index in [4.69, 9.17) is 17.4 Å². The van der Waals surface area contributed by atoms with E-state index in [0.717, 1.165) is 0 Å². The Morgan fingerprint density at radius 2 is 2.05 bits per heavy atom. The van der Waals surface area contributed by atoms with Gasteiger partial charge in [-0.3, -0.25) is 9.59 Å². The maximum atomic E-state index is 11.9. The minimum absolute atomic E-state index is 0.123. The van der Waals surface area contributed by atoms with Crippen molar-refractivity contribution in [2.75, 3.05) is 12.0 Å². The summed E-state index contributed by atoms with van der Waals surface area (Å²) in [7, 11) is 0. The number of nitrogens with one attached hydrogen (secondary N) is 3. The fraction of sp³-hybridized carbons (Fsp3) is 0.462. The molecule has 0 unspecified atom stereocenters. The number of nitrogens with zero attached hydrogens (tertiary/aromatic N) is 1. The molecule has 1 aromatic heterocycles. The highest BCUT2D eigenvalue weighted by Crippen LogP contribution is 2.18. The van der Waals surface area contributed by atoms with E-state index in [2.05, 4.69) is 21.0 Å². The lowest BCUT2D eigenvalue weighted by Crippen LogP contribution is -2.42. The number of carbonyl (C=O) groups is 2. The number of aromatic nitrogens is 1. The van der Waals surface area contributed by atoms with E-state index in [1.165, 1.54) is 12.3 Å². The van der Waals surface area contributed by atoms with Crippen LogP contribution in [0.4, 0.5) is 5.82 Å². The Labute approximate surface area is 128 Å². The highest BCUT2D eigenvalue weighted by atomic mass is 35.5. The van der Waals surface area contributed by atoms with Crippen molar-refractivity contribution in [3.8, 4) is 0 Å². The number of anilines is 1. The van der Waals surface area contributed by atoms with Crippen LogP contribution in [0.1, 0.15) is 37.6 Å². The molecule has 1 rings (SSSR count). The molecule has 0 spiro atoms. The third-order valence-corrected chi connectivity index (χ3v) is 2.68. The number of carbonyl (C=O) groups excluding carboxylic acids is 2. The Balaban J connectivity index is 2.47. The molecule has 1 aromatic rings. The van der Waals surface area contributed by atoms with Crippen molar-refractivity contribution in [2.24, 2.45) is 5.84 Å². The number of hydrogen-bond donors (Lipinski definition) is 4. The molecule has 0 saturated heterocycles. The standard InChI is InChI=1S/C13H20ClN5O2/c1-13(2,3)18-10(20)4-5-16-12(21)8-6-9(14)11(19-15)17-7-8/h6-7H,4-5,15H2,1-3H3,(H,16,21)(H,17,19)(H,18,20). The lowest BCUT2D eigenvalue weighted by molar-refractivity contribution is -0.122. The lowest BCUT2D eigenvalue weighted by atomic mass is 10.1. The van der Waals surface area contributed by atoms with Crippen molar-refractivity contribution in [2.45, 2.75) is 32.7 Å². The molecule has 7 nitrogen and oxygen atoms in total. The number of rotatable bonds is 5. The third-order valence-electron chi connectivity index (χ3n) is 2.39. The fourth-order valence-corrected chi connectivity index (χ4v) is 1.76. The quantitative estimate of drug-likeness (QED) is 0.480. The minimum Gasteiger partial charge on any atom is -0.351 e. The number of nitrogen functional groups attached to an aromatic ring is 1. The topological polar surface area (TPSA) is 109 Å². The first-order chi connectivity index (χ1) is 9.73. The normalized spacial score (nSPS) is 10.9. The summed E-state index contributed by atoms with van der Waals surface area (Å²) in [5.74, 6) is 5.01. The summed E-state index contributed by atoms with van der Waals surface area (Å²) in [6, 6.07) is 1.45. The maximum absolute atomic E-state index is 11.9. The van der Waals surface area contributed by atoms with Crippen LogP contribution in [0.2, 0.25) is 5.02 Å². The summed E-state index contributed by atoms with van der Waals surface area (Å²) in [4.78, 5) is 27.4. The van der Waals surface area contributed by atoms with Crippen LogP contribution in [0.25, 0.3) is 0 Å². The molecule has 5 N–H and O–H groups in total. The number of nitrogens with two attached hydrogens (primary N) is 1. The second kappa shape index (κ2) is 7.24. The zero-order valence-electron chi connectivity index (χ0n) is 12.3. The second-order valence-electron chi connectivity index (χ2n) is 5.50. The Bertz CT molecular complexity index is 528. The van der Waals surface area contributed by atoms with E-state index in [9.17, 15) is 9.59 Å². The number of hydrazine groups is 1. The predicted molar refractivity (Wildman–Crippen MR) is 81.9 cm³/mol. The van der Waals surface area contributed by atoms with Crippen molar-refractivity contribution >= 4 is 29.2 Å². The molecule has 116 valence electrons. The van der Waals surface area contributed by atoms with E-state index in [0.29, 0.717) is 5.56 Å². The molecule has 8 heteroatoms. The number of halogens is 1. The van der Waals surface area contributed by atoms with Gasteiger partial charge in [-0.05, 0) is 26.8 Å². The summed E-state index contributed by atoms with van der Waals surface area (Å²) < 4.78 is 0. The molecule has 0 aromatic carbocycles. The first-order valence-electron chi connectivity index (χ1n) is 6.44. The molecule has 2 amide bonds. The molecule has 0 bridgehead atoms. The van der Waals surface area contributed by atoms with Gasteiger partial charge in [0.2, 0.25) is 5.91 Å². The van der Waals surface area contributed by atoms with Gasteiger partial charge in [0.25, 0.3) is 5.91 Å². The van der Waals surface area contributed by atoms with Crippen LogP contribution < -0.4 is 21.9 Å². The molecule has 0 atom stereocenters. The van der Waals surface area contributed by atoms with Gasteiger partial charge in [-0.2, -0.15) is 0 Å². The predicted octanol–water partition coefficient (Wildman–Crippen LogP) is 1.06. The van der Waals surface area contributed by atoms with E-state index in [1.54, 1.807) is 0 Å². The molecule has 0 aliphatic heterocycles. The van der Waals surface area contributed by atoms with Crippen molar-refractivity contribution in [1.82, 2.24) is 15.6 Å². The van der Waals surface area contributed by atoms with Crippen molar-refractivity contribution < 1.29 is 9.59 Å². The van der Waals surface area contributed by atoms with Gasteiger partial charge in [-0.25, -0.2) is 10.8 Å². The summed E-state index contributed by atoms with van der Waals surface area (Å²) in [6.07, 6.45) is 1.55. The number of amides is 2. The van der Waals surface area contributed by atoms with E-state index >= 15 is 0 Å². The Hall–Kier alpha value is -1.86. The highest BCUT2D eigenvalue weighted by molar-refractivity contribution is 6.33. The van der Waals surface area contributed by atoms with Gasteiger partial charge >= 0.3 is 0 Å². The maximum Gasteiger partial charge on any atom is 0.252 e. The molecule has 0 aliphatic carbocycles. The third kappa shape index (κ3) is 5.97. The Morgan fingerprint density at radius 3 is 2.57 bits per heavy atom.